The topological polar surface area (TPSA) is 81.6 Å². The molecular weight excluding hydrogens is 228 g/mol. The summed E-state index contributed by atoms with van der Waals surface area (Å²) in [5, 5.41) is 7.49. The summed E-state index contributed by atoms with van der Waals surface area (Å²) in [6.45, 7) is 4.70. The lowest BCUT2D eigenvalue weighted by Gasteiger charge is -2.09. The van der Waals surface area contributed by atoms with Crippen LogP contribution in [0, 0.1) is 0 Å². The van der Waals surface area contributed by atoms with Gasteiger partial charge in [-0.25, -0.2) is 9.97 Å². The normalized spacial score (nSPS) is 10.9. The summed E-state index contributed by atoms with van der Waals surface area (Å²) in [4.78, 5) is 8.62. The Morgan fingerprint density at radius 1 is 1.39 bits per heavy atom. The number of hydrogen-bond acceptors (Lipinski definition) is 5. The summed E-state index contributed by atoms with van der Waals surface area (Å²) in [7, 11) is 1.89. The van der Waals surface area contributed by atoms with E-state index in [0.717, 1.165) is 17.3 Å². The molecule has 2 aromatic heterocycles. The maximum atomic E-state index is 5.76. The molecule has 0 fully saturated rings. The lowest BCUT2D eigenvalue weighted by Crippen LogP contribution is -2.08. The first-order valence-electron chi connectivity index (χ1n) is 5.91. The van der Waals surface area contributed by atoms with Crippen molar-refractivity contribution in [3.8, 4) is 0 Å². The fourth-order valence-electron chi connectivity index (χ4n) is 1.57. The summed E-state index contributed by atoms with van der Waals surface area (Å²) in [5.74, 6) is 2.22. The third-order valence-electron chi connectivity index (χ3n) is 2.50. The van der Waals surface area contributed by atoms with Gasteiger partial charge in [-0.2, -0.15) is 5.10 Å². The number of nitrogen functional groups attached to an aromatic ring is 1. The van der Waals surface area contributed by atoms with E-state index < -0.39 is 0 Å². The van der Waals surface area contributed by atoms with Crippen LogP contribution in [0.2, 0.25) is 0 Å². The minimum atomic E-state index is 0.254. The molecule has 0 unspecified atom stereocenters. The molecular formula is C12H18N6. The van der Waals surface area contributed by atoms with E-state index in [1.54, 1.807) is 10.7 Å². The van der Waals surface area contributed by atoms with Gasteiger partial charge in [0, 0.05) is 25.2 Å². The van der Waals surface area contributed by atoms with Crippen LogP contribution in [0.25, 0.3) is 0 Å². The van der Waals surface area contributed by atoms with Crippen LogP contribution in [0.5, 0.6) is 0 Å². The largest absolute Gasteiger partial charge is 0.384 e. The van der Waals surface area contributed by atoms with Gasteiger partial charge in [0.25, 0.3) is 0 Å². The van der Waals surface area contributed by atoms with Gasteiger partial charge in [-0.05, 0) is 6.07 Å². The highest BCUT2D eigenvalue weighted by Gasteiger charge is 2.06. The average molecular weight is 246 g/mol. The van der Waals surface area contributed by atoms with Crippen molar-refractivity contribution in [2.24, 2.45) is 7.05 Å². The van der Waals surface area contributed by atoms with E-state index in [1.165, 1.54) is 0 Å². The Morgan fingerprint density at radius 2 is 2.17 bits per heavy atom. The third-order valence-corrected chi connectivity index (χ3v) is 2.50. The standard InChI is InChI=1S/C12H18N6/c1-8(2)12-15-10(13)6-11(16-12)14-7-9-4-5-18(3)17-9/h4-6,8H,7H2,1-3H3,(H3,13,14,15,16). The van der Waals surface area contributed by atoms with Crippen LogP contribution in [-0.4, -0.2) is 19.7 Å². The van der Waals surface area contributed by atoms with Gasteiger partial charge in [0.15, 0.2) is 0 Å². The molecule has 0 saturated heterocycles. The molecule has 0 aliphatic heterocycles. The van der Waals surface area contributed by atoms with Gasteiger partial charge < -0.3 is 11.1 Å². The Bertz CT molecular complexity index is 531. The Labute approximate surface area is 106 Å². The van der Waals surface area contributed by atoms with Crippen molar-refractivity contribution in [2.45, 2.75) is 26.3 Å². The monoisotopic (exact) mass is 246 g/mol. The van der Waals surface area contributed by atoms with Gasteiger partial charge in [0.05, 0.1) is 12.2 Å². The summed E-state index contributed by atoms with van der Waals surface area (Å²) in [5.41, 5.74) is 6.72. The highest BCUT2D eigenvalue weighted by Crippen LogP contribution is 2.15. The number of nitrogens with zero attached hydrogens (tertiary/aromatic N) is 4. The molecule has 18 heavy (non-hydrogen) atoms. The van der Waals surface area contributed by atoms with Crippen molar-refractivity contribution in [1.82, 2.24) is 19.7 Å². The summed E-state index contributed by atoms with van der Waals surface area (Å²) >= 11 is 0. The zero-order valence-corrected chi connectivity index (χ0v) is 10.9. The second-order valence-corrected chi connectivity index (χ2v) is 4.53. The molecule has 6 nitrogen and oxygen atoms in total. The van der Waals surface area contributed by atoms with Crippen LogP contribution >= 0.6 is 0 Å². The van der Waals surface area contributed by atoms with Crippen LogP contribution in [0.15, 0.2) is 18.3 Å². The van der Waals surface area contributed by atoms with Crippen LogP contribution in [0.4, 0.5) is 11.6 Å². The molecule has 2 heterocycles. The second-order valence-electron chi connectivity index (χ2n) is 4.53. The molecule has 0 saturated carbocycles. The lowest BCUT2D eigenvalue weighted by molar-refractivity contribution is 0.745. The number of anilines is 2. The summed E-state index contributed by atoms with van der Waals surface area (Å²) in [6, 6.07) is 3.69. The van der Waals surface area contributed by atoms with Crippen molar-refractivity contribution in [3.63, 3.8) is 0 Å². The first-order valence-corrected chi connectivity index (χ1v) is 5.91. The predicted octanol–water partition coefficient (Wildman–Crippen LogP) is 1.53. The van der Waals surface area contributed by atoms with Gasteiger partial charge in [0.2, 0.25) is 0 Å². The zero-order valence-electron chi connectivity index (χ0n) is 10.9. The SMILES string of the molecule is CC(C)c1nc(N)cc(NCc2ccn(C)n2)n1. The highest BCUT2D eigenvalue weighted by atomic mass is 15.3. The van der Waals surface area contributed by atoms with E-state index in [4.69, 9.17) is 5.73 Å². The number of nitrogens with one attached hydrogen (secondary N) is 1. The molecule has 0 aromatic carbocycles. The van der Waals surface area contributed by atoms with E-state index in [-0.39, 0.29) is 5.92 Å². The molecule has 96 valence electrons. The predicted molar refractivity (Wildman–Crippen MR) is 71.1 cm³/mol. The Balaban J connectivity index is 2.09. The van der Waals surface area contributed by atoms with E-state index in [2.05, 4.69) is 20.4 Å². The molecule has 0 atom stereocenters. The number of hydrogen-bond donors (Lipinski definition) is 2. The Kier molecular flexibility index (Phi) is 3.45. The van der Waals surface area contributed by atoms with Gasteiger partial charge in [-0.1, -0.05) is 13.8 Å². The first kappa shape index (κ1) is 12.3. The van der Waals surface area contributed by atoms with E-state index >= 15 is 0 Å². The van der Waals surface area contributed by atoms with Gasteiger partial charge in [-0.15, -0.1) is 0 Å². The Hall–Kier alpha value is -2.11. The van der Waals surface area contributed by atoms with E-state index in [1.807, 2.05) is 33.2 Å². The minimum absolute atomic E-state index is 0.254. The van der Waals surface area contributed by atoms with E-state index in [0.29, 0.717) is 12.4 Å². The molecule has 0 spiro atoms. The Morgan fingerprint density at radius 3 is 2.78 bits per heavy atom. The molecule has 3 N–H and O–H groups in total. The number of rotatable bonds is 4. The summed E-state index contributed by atoms with van der Waals surface area (Å²) < 4.78 is 1.77. The smallest absolute Gasteiger partial charge is 0.135 e. The fraction of sp³-hybridized carbons (Fsp3) is 0.417. The highest BCUT2D eigenvalue weighted by molar-refractivity contribution is 5.45. The van der Waals surface area contributed by atoms with Crippen molar-refractivity contribution in [3.05, 3.63) is 29.8 Å². The quantitative estimate of drug-likeness (QED) is 0.855. The molecule has 0 bridgehead atoms. The number of nitrogens with two attached hydrogens (primary N) is 1. The molecule has 0 radical (unpaired) electrons. The average Bonchev–Trinajstić information content (AvgIpc) is 2.72. The summed E-state index contributed by atoms with van der Waals surface area (Å²) in [6.07, 6.45) is 1.91. The maximum absolute atomic E-state index is 5.76. The van der Waals surface area contributed by atoms with Gasteiger partial charge in [0.1, 0.15) is 17.5 Å². The lowest BCUT2D eigenvalue weighted by atomic mass is 10.2. The van der Waals surface area contributed by atoms with Crippen molar-refractivity contribution in [1.29, 1.82) is 0 Å². The first-order chi connectivity index (χ1) is 8.54. The van der Waals surface area contributed by atoms with Crippen LogP contribution < -0.4 is 11.1 Å². The zero-order chi connectivity index (χ0) is 13.1. The van der Waals surface area contributed by atoms with E-state index in [9.17, 15) is 0 Å². The number of aryl methyl sites for hydroxylation is 1. The molecule has 0 aliphatic carbocycles. The van der Waals surface area contributed by atoms with Crippen LogP contribution in [0.1, 0.15) is 31.3 Å². The van der Waals surface area contributed by atoms with Gasteiger partial charge >= 0.3 is 0 Å². The third kappa shape index (κ3) is 2.97. The van der Waals surface area contributed by atoms with Crippen molar-refractivity contribution in [2.75, 3.05) is 11.1 Å². The number of aromatic nitrogens is 4. The maximum Gasteiger partial charge on any atom is 0.135 e. The van der Waals surface area contributed by atoms with Crippen molar-refractivity contribution >= 4 is 11.6 Å². The van der Waals surface area contributed by atoms with Crippen LogP contribution in [0.3, 0.4) is 0 Å². The second kappa shape index (κ2) is 5.03. The van der Waals surface area contributed by atoms with Crippen molar-refractivity contribution < 1.29 is 0 Å². The van der Waals surface area contributed by atoms with Gasteiger partial charge in [-0.3, -0.25) is 4.68 Å². The molecule has 0 aliphatic rings. The fourth-order valence-corrected chi connectivity index (χ4v) is 1.57. The molecule has 0 amide bonds. The molecule has 2 aromatic rings. The van der Waals surface area contributed by atoms with Crippen LogP contribution in [-0.2, 0) is 13.6 Å². The molecule has 6 heteroatoms. The molecule has 2 rings (SSSR count). The minimum Gasteiger partial charge on any atom is -0.384 e.